The maximum atomic E-state index is 12.9. The van der Waals surface area contributed by atoms with E-state index in [1.54, 1.807) is 0 Å². The monoisotopic (exact) mass is 448 g/mol. The lowest BCUT2D eigenvalue weighted by Gasteiger charge is -2.29. The first kappa shape index (κ1) is 22.4. The number of halogens is 1. The van der Waals surface area contributed by atoms with Crippen LogP contribution >= 0.6 is 0 Å². The molecular formula is C21H21FN2O6S. The van der Waals surface area contributed by atoms with Crippen molar-refractivity contribution in [1.82, 2.24) is 0 Å². The van der Waals surface area contributed by atoms with Crippen molar-refractivity contribution in [3.63, 3.8) is 0 Å². The quantitative estimate of drug-likeness (QED) is 0.620. The molecule has 1 heterocycles. The first-order valence-corrected chi connectivity index (χ1v) is 11.4. The van der Waals surface area contributed by atoms with E-state index in [0.717, 1.165) is 12.1 Å². The van der Waals surface area contributed by atoms with Crippen molar-refractivity contribution in [2.75, 3.05) is 34.9 Å². The normalized spacial score (nSPS) is 13.4. The molecule has 1 aliphatic heterocycles. The molecule has 0 aliphatic carbocycles. The second-order valence-electron chi connectivity index (χ2n) is 7.03. The Hall–Kier alpha value is -3.27. The Kier molecular flexibility index (Phi) is 6.69. The van der Waals surface area contributed by atoms with Crippen molar-refractivity contribution in [3.05, 3.63) is 53.8 Å². The van der Waals surface area contributed by atoms with E-state index in [0.29, 0.717) is 24.4 Å². The Morgan fingerprint density at radius 1 is 1.13 bits per heavy atom. The molecule has 3 rings (SSSR count). The summed E-state index contributed by atoms with van der Waals surface area (Å²) in [5.41, 5.74) is 0.749. The largest absolute Gasteiger partial charge is 0.482 e. The molecule has 8 nitrogen and oxygen atoms in total. The summed E-state index contributed by atoms with van der Waals surface area (Å²) in [7, 11) is -4.06. The van der Waals surface area contributed by atoms with Crippen LogP contribution in [0.15, 0.2) is 42.5 Å². The second kappa shape index (κ2) is 9.25. The predicted octanol–water partition coefficient (Wildman–Crippen LogP) is 2.20. The number of carbonyl (C=O) groups is 3. The van der Waals surface area contributed by atoms with Gasteiger partial charge in [-0.15, -0.1) is 0 Å². The number of anilines is 2. The van der Waals surface area contributed by atoms with Gasteiger partial charge in [0.25, 0.3) is 5.91 Å². The Labute approximate surface area is 178 Å². The zero-order valence-electron chi connectivity index (χ0n) is 16.8. The van der Waals surface area contributed by atoms with Gasteiger partial charge in [-0.3, -0.25) is 14.4 Å². The van der Waals surface area contributed by atoms with E-state index < -0.39 is 38.9 Å². The predicted molar refractivity (Wildman–Crippen MR) is 113 cm³/mol. The highest BCUT2D eigenvalue weighted by Crippen LogP contribution is 2.33. The van der Waals surface area contributed by atoms with Gasteiger partial charge >= 0.3 is 0 Å². The van der Waals surface area contributed by atoms with Crippen LogP contribution in [0.25, 0.3) is 0 Å². The highest BCUT2D eigenvalue weighted by molar-refractivity contribution is 7.92. The van der Waals surface area contributed by atoms with Gasteiger partial charge in [-0.2, -0.15) is 0 Å². The SMILES string of the molecule is CCCN1C(=O)COc2ccc(C(=O)CS(=O)(=O)CC(=O)Nc3ccc(F)cc3)cc21. The van der Waals surface area contributed by atoms with Crippen molar-refractivity contribution in [3.8, 4) is 5.75 Å². The van der Waals surface area contributed by atoms with Gasteiger partial charge in [-0.05, 0) is 48.9 Å². The number of fused-ring (bicyclic) bond motifs is 1. The average Bonchev–Trinajstić information content (AvgIpc) is 2.70. The summed E-state index contributed by atoms with van der Waals surface area (Å²) in [4.78, 5) is 38.2. The summed E-state index contributed by atoms with van der Waals surface area (Å²) in [5.74, 6) is -3.61. The van der Waals surface area contributed by atoms with Crippen LogP contribution in [0.1, 0.15) is 23.7 Å². The third kappa shape index (κ3) is 5.66. The van der Waals surface area contributed by atoms with Crippen LogP contribution in [0, 0.1) is 5.82 Å². The molecule has 0 spiro atoms. The van der Waals surface area contributed by atoms with Crippen molar-refractivity contribution >= 4 is 38.8 Å². The summed E-state index contributed by atoms with van der Waals surface area (Å²) in [6.45, 7) is 2.24. The van der Waals surface area contributed by atoms with E-state index in [1.807, 2.05) is 6.92 Å². The topological polar surface area (TPSA) is 110 Å². The summed E-state index contributed by atoms with van der Waals surface area (Å²) in [6, 6.07) is 9.21. The minimum Gasteiger partial charge on any atom is -0.482 e. The molecule has 31 heavy (non-hydrogen) atoms. The van der Waals surface area contributed by atoms with Crippen molar-refractivity contribution < 1.29 is 31.9 Å². The fraction of sp³-hybridized carbons (Fsp3) is 0.286. The van der Waals surface area contributed by atoms with E-state index in [9.17, 15) is 27.2 Å². The van der Waals surface area contributed by atoms with Gasteiger partial charge in [0.05, 0.1) is 5.69 Å². The van der Waals surface area contributed by atoms with Crippen LogP contribution in [-0.2, 0) is 19.4 Å². The first-order valence-electron chi connectivity index (χ1n) is 9.55. The number of carbonyl (C=O) groups excluding carboxylic acids is 3. The molecule has 1 N–H and O–H groups in total. The third-order valence-electron chi connectivity index (χ3n) is 4.50. The van der Waals surface area contributed by atoms with E-state index >= 15 is 0 Å². The number of Topliss-reactive ketones (excluding diaryl/α,β-unsaturated/α-hetero) is 1. The molecular weight excluding hydrogens is 427 g/mol. The van der Waals surface area contributed by atoms with Gasteiger partial charge in [-0.1, -0.05) is 6.92 Å². The van der Waals surface area contributed by atoms with E-state index in [-0.39, 0.29) is 23.8 Å². The molecule has 0 fully saturated rings. The molecule has 0 bridgehead atoms. The van der Waals surface area contributed by atoms with Gasteiger partial charge < -0.3 is 15.0 Å². The van der Waals surface area contributed by atoms with E-state index in [4.69, 9.17) is 4.74 Å². The van der Waals surface area contributed by atoms with Gasteiger partial charge in [0.2, 0.25) is 5.91 Å². The number of nitrogens with one attached hydrogen (secondary N) is 1. The molecule has 0 unspecified atom stereocenters. The molecule has 0 aromatic heterocycles. The molecule has 2 amide bonds. The number of hydrogen-bond donors (Lipinski definition) is 1. The van der Waals surface area contributed by atoms with Crippen LogP contribution in [-0.4, -0.2) is 50.7 Å². The standard InChI is InChI=1S/C21H21FN2O6S/c1-2-9-24-17-10-14(3-8-19(17)30-11-21(24)27)18(25)12-31(28,29)13-20(26)23-16-6-4-15(22)5-7-16/h3-8,10H,2,9,11-13H2,1H3,(H,23,26). The maximum Gasteiger partial charge on any atom is 0.265 e. The highest BCUT2D eigenvalue weighted by Gasteiger charge is 2.27. The zero-order valence-corrected chi connectivity index (χ0v) is 17.6. The second-order valence-corrected chi connectivity index (χ2v) is 9.09. The van der Waals surface area contributed by atoms with Gasteiger partial charge in [-0.25, -0.2) is 12.8 Å². The van der Waals surface area contributed by atoms with E-state index in [2.05, 4.69) is 5.32 Å². The number of nitrogens with zero attached hydrogens (tertiary/aromatic N) is 1. The number of hydrogen-bond acceptors (Lipinski definition) is 6. The lowest BCUT2D eigenvalue weighted by molar-refractivity contribution is -0.121. The van der Waals surface area contributed by atoms with Crippen LogP contribution in [0.2, 0.25) is 0 Å². The molecule has 2 aromatic rings. The number of rotatable bonds is 8. The molecule has 0 atom stereocenters. The Balaban J connectivity index is 1.69. The van der Waals surface area contributed by atoms with Gasteiger partial charge in [0.1, 0.15) is 23.1 Å². The number of sulfone groups is 1. The smallest absolute Gasteiger partial charge is 0.265 e. The van der Waals surface area contributed by atoms with Crippen molar-refractivity contribution in [2.45, 2.75) is 13.3 Å². The summed E-state index contributed by atoms with van der Waals surface area (Å²) in [6.07, 6.45) is 0.695. The van der Waals surface area contributed by atoms with Crippen molar-refractivity contribution in [2.24, 2.45) is 0 Å². The molecule has 0 radical (unpaired) electrons. The Bertz CT molecular complexity index is 1120. The summed E-state index contributed by atoms with van der Waals surface area (Å²) < 4.78 is 43.0. The molecule has 164 valence electrons. The molecule has 10 heteroatoms. The Morgan fingerprint density at radius 3 is 2.52 bits per heavy atom. The van der Waals surface area contributed by atoms with Crippen LogP contribution < -0.4 is 15.0 Å². The fourth-order valence-electron chi connectivity index (χ4n) is 3.11. The van der Waals surface area contributed by atoms with Crippen molar-refractivity contribution in [1.29, 1.82) is 0 Å². The lowest BCUT2D eigenvalue weighted by atomic mass is 10.1. The summed E-state index contributed by atoms with van der Waals surface area (Å²) in [5, 5.41) is 2.35. The first-order chi connectivity index (χ1) is 14.7. The molecule has 0 saturated heterocycles. The highest BCUT2D eigenvalue weighted by atomic mass is 32.2. The molecule has 2 aromatic carbocycles. The van der Waals surface area contributed by atoms with Crippen LogP contribution in [0.4, 0.5) is 15.8 Å². The van der Waals surface area contributed by atoms with E-state index in [1.165, 1.54) is 35.2 Å². The number of ether oxygens (including phenoxy) is 1. The van der Waals surface area contributed by atoms with Crippen LogP contribution in [0.5, 0.6) is 5.75 Å². The third-order valence-corrected chi connectivity index (χ3v) is 5.91. The minimum absolute atomic E-state index is 0.0978. The van der Waals surface area contributed by atoms with Gasteiger partial charge in [0, 0.05) is 17.8 Å². The minimum atomic E-state index is -4.06. The lowest BCUT2D eigenvalue weighted by Crippen LogP contribution is -2.39. The van der Waals surface area contributed by atoms with Gasteiger partial charge in [0.15, 0.2) is 22.2 Å². The Morgan fingerprint density at radius 2 is 1.84 bits per heavy atom. The zero-order chi connectivity index (χ0) is 22.6. The maximum absolute atomic E-state index is 12.9. The van der Waals surface area contributed by atoms with Crippen LogP contribution in [0.3, 0.4) is 0 Å². The molecule has 0 saturated carbocycles. The fourth-order valence-corrected chi connectivity index (χ4v) is 4.25. The number of benzene rings is 2. The number of amides is 2. The number of ketones is 1. The average molecular weight is 448 g/mol. The molecule has 1 aliphatic rings. The summed E-state index contributed by atoms with van der Waals surface area (Å²) >= 11 is 0.